The number of thiophene rings is 1. The van der Waals surface area contributed by atoms with Crippen LogP contribution in [-0.2, 0) is 19.3 Å². The number of fused-ring (bicyclic) bond motifs is 5. The molecule has 2 atom stereocenters. The van der Waals surface area contributed by atoms with Crippen LogP contribution in [0.1, 0.15) is 75.7 Å². The molecular weight excluding hydrogens is 659 g/mol. The van der Waals surface area contributed by atoms with Gasteiger partial charge in [-0.1, -0.05) is 18.2 Å². The van der Waals surface area contributed by atoms with Gasteiger partial charge >= 0.3 is 0 Å². The predicted molar refractivity (Wildman–Crippen MR) is 185 cm³/mol. The molecule has 9 rings (SSSR count). The Morgan fingerprint density at radius 2 is 1.90 bits per heavy atom. The van der Waals surface area contributed by atoms with Gasteiger partial charge in [-0.15, -0.1) is 21.5 Å². The number of nitrogens with one attached hydrogen (secondary N) is 1. The third kappa shape index (κ3) is 4.95. The highest BCUT2D eigenvalue weighted by molar-refractivity contribution is 7.22. The Hall–Kier alpha value is -5.23. The molecule has 9 nitrogen and oxygen atoms in total. The summed E-state index contributed by atoms with van der Waals surface area (Å²) in [6, 6.07) is 13.7. The van der Waals surface area contributed by atoms with Gasteiger partial charge < -0.3 is 19.4 Å². The SMILES string of the molecule is COc1c(F)ccc2c1CC[C@H]2Nc1nccc2sc(-c3c4c(nc(CCc5ccc(F)cc5)c3-c3nnc(C)o3)[C@H]3CCCN3C4=O)cc12. The Morgan fingerprint density at radius 3 is 2.70 bits per heavy atom. The van der Waals surface area contributed by atoms with Gasteiger partial charge in [-0.25, -0.2) is 13.8 Å². The van der Waals surface area contributed by atoms with Crippen molar-refractivity contribution in [1.82, 2.24) is 25.1 Å². The second kappa shape index (κ2) is 12.0. The molecule has 1 saturated heterocycles. The molecular formula is C38H32F2N6O3S. The summed E-state index contributed by atoms with van der Waals surface area (Å²) in [5.41, 5.74) is 6.36. The van der Waals surface area contributed by atoms with Crippen molar-refractivity contribution in [2.24, 2.45) is 0 Å². The van der Waals surface area contributed by atoms with Crippen LogP contribution >= 0.6 is 11.3 Å². The maximum atomic E-state index is 14.5. The summed E-state index contributed by atoms with van der Waals surface area (Å²) >= 11 is 1.57. The number of aryl methyl sites for hydroxylation is 3. The van der Waals surface area contributed by atoms with Crippen molar-refractivity contribution in [2.75, 3.05) is 19.0 Å². The molecule has 0 saturated carbocycles. The number of anilines is 1. The first-order valence-corrected chi connectivity index (χ1v) is 17.6. The smallest absolute Gasteiger partial charge is 0.257 e. The van der Waals surface area contributed by atoms with Gasteiger partial charge in [0.25, 0.3) is 5.91 Å². The Labute approximate surface area is 290 Å². The second-order valence-corrected chi connectivity index (χ2v) is 14.1. The van der Waals surface area contributed by atoms with Crippen molar-refractivity contribution in [3.63, 3.8) is 0 Å². The van der Waals surface area contributed by atoms with E-state index in [4.69, 9.17) is 19.1 Å². The number of rotatable bonds is 8. The van der Waals surface area contributed by atoms with E-state index < -0.39 is 0 Å². The van der Waals surface area contributed by atoms with Crippen molar-refractivity contribution in [3.05, 3.63) is 106 Å². The van der Waals surface area contributed by atoms with Crippen LogP contribution in [0.25, 0.3) is 32.0 Å². The van der Waals surface area contributed by atoms with Crippen LogP contribution in [0.5, 0.6) is 5.75 Å². The Bertz CT molecular complexity index is 2320. The van der Waals surface area contributed by atoms with Crippen LogP contribution in [0.2, 0.25) is 0 Å². The molecule has 6 aromatic rings. The number of halogens is 2. The molecule has 0 unspecified atom stereocenters. The monoisotopic (exact) mass is 690 g/mol. The van der Waals surface area contributed by atoms with E-state index in [1.165, 1.54) is 25.3 Å². The number of ether oxygens (including phenoxy) is 1. The van der Waals surface area contributed by atoms with Crippen molar-refractivity contribution in [1.29, 1.82) is 0 Å². The Balaban J connectivity index is 1.20. The highest BCUT2D eigenvalue weighted by atomic mass is 32.1. The van der Waals surface area contributed by atoms with Gasteiger partial charge in [-0.2, -0.15) is 0 Å². The average Bonchev–Trinajstić information content (AvgIpc) is 3.96. The Kier molecular flexibility index (Phi) is 7.38. The number of methoxy groups -OCH3 is 1. The number of hydrogen-bond donors (Lipinski definition) is 1. The van der Waals surface area contributed by atoms with E-state index >= 15 is 0 Å². The number of carbonyl (C=O) groups is 1. The summed E-state index contributed by atoms with van der Waals surface area (Å²) in [6.07, 6.45) is 6.14. The minimum Gasteiger partial charge on any atom is -0.493 e. The van der Waals surface area contributed by atoms with Gasteiger partial charge in [-0.05, 0) is 80.0 Å². The largest absolute Gasteiger partial charge is 0.493 e. The maximum Gasteiger partial charge on any atom is 0.257 e. The molecule has 0 bridgehead atoms. The zero-order chi connectivity index (χ0) is 34.1. The summed E-state index contributed by atoms with van der Waals surface area (Å²) in [5, 5.41) is 13.1. The van der Waals surface area contributed by atoms with E-state index in [1.807, 2.05) is 17.0 Å². The van der Waals surface area contributed by atoms with Gasteiger partial charge in [0, 0.05) is 45.8 Å². The highest BCUT2D eigenvalue weighted by Gasteiger charge is 2.45. The van der Waals surface area contributed by atoms with Crippen molar-refractivity contribution in [2.45, 2.75) is 57.5 Å². The fourth-order valence-corrected chi connectivity index (χ4v) is 9.01. The van der Waals surface area contributed by atoms with Gasteiger partial charge in [0.2, 0.25) is 11.8 Å². The van der Waals surface area contributed by atoms with Gasteiger partial charge in [-0.3, -0.25) is 9.78 Å². The van der Waals surface area contributed by atoms with Crippen LogP contribution in [0.4, 0.5) is 14.6 Å². The number of nitrogens with zero attached hydrogens (tertiary/aromatic N) is 5. The summed E-state index contributed by atoms with van der Waals surface area (Å²) < 4.78 is 40.7. The quantitative estimate of drug-likeness (QED) is 0.171. The number of pyridine rings is 2. The van der Waals surface area contributed by atoms with E-state index in [9.17, 15) is 13.6 Å². The number of carbonyl (C=O) groups excluding carboxylic acids is 1. The van der Waals surface area contributed by atoms with Crippen LogP contribution in [0.3, 0.4) is 0 Å². The van der Waals surface area contributed by atoms with E-state index in [1.54, 1.807) is 36.6 Å². The fourth-order valence-electron chi connectivity index (χ4n) is 7.90. The Morgan fingerprint density at radius 1 is 1.04 bits per heavy atom. The lowest BCUT2D eigenvalue weighted by Crippen LogP contribution is -2.22. The molecule has 2 aliphatic heterocycles. The van der Waals surface area contributed by atoms with Crippen molar-refractivity contribution < 1.29 is 22.7 Å². The van der Waals surface area contributed by atoms with Crippen LogP contribution < -0.4 is 10.1 Å². The number of aromatic nitrogens is 4. The lowest BCUT2D eigenvalue weighted by Gasteiger charge is -2.16. The van der Waals surface area contributed by atoms with Gasteiger partial charge in [0.05, 0.1) is 41.7 Å². The number of hydrogen-bond acceptors (Lipinski definition) is 9. The summed E-state index contributed by atoms with van der Waals surface area (Å²) in [6.45, 7) is 2.42. The molecule has 50 heavy (non-hydrogen) atoms. The van der Waals surface area contributed by atoms with E-state index in [0.29, 0.717) is 60.3 Å². The first-order valence-electron chi connectivity index (χ1n) is 16.8. The normalized spacial score (nSPS) is 17.8. The zero-order valence-corrected chi connectivity index (χ0v) is 28.2. The summed E-state index contributed by atoms with van der Waals surface area (Å²) in [7, 11) is 1.50. The van der Waals surface area contributed by atoms with Crippen molar-refractivity contribution >= 4 is 33.1 Å². The van der Waals surface area contributed by atoms with Crippen molar-refractivity contribution in [3.8, 4) is 27.6 Å². The summed E-state index contributed by atoms with van der Waals surface area (Å²) in [5.74, 6) is 1.03. The maximum absolute atomic E-state index is 14.5. The highest BCUT2D eigenvalue weighted by Crippen LogP contribution is 2.50. The molecule has 1 fully saturated rings. The molecule has 1 N–H and O–H groups in total. The van der Waals surface area contributed by atoms with E-state index in [2.05, 4.69) is 21.6 Å². The molecule has 1 amide bonds. The summed E-state index contributed by atoms with van der Waals surface area (Å²) in [4.78, 5) is 27.0. The van der Waals surface area contributed by atoms with E-state index in [-0.39, 0.29) is 29.6 Å². The van der Waals surface area contributed by atoms with Gasteiger partial charge in [0.15, 0.2) is 11.6 Å². The first-order chi connectivity index (χ1) is 24.4. The number of amides is 1. The molecule has 3 aliphatic rings. The topological polar surface area (TPSA) is 106 Å². The molecule has 2 aromatic carbocycles. The molecule has 12 heteroatoms. The molecule has 252 valence electrons. The van der Waals surface area contributed by atoms with Crippen LogP contribution in [-0.4, -0.2) is 44.6 Å². The lowest BCUT2D eigenvalue weighted by molar-refractivity contribution is 0.0776. The fraction of sp³-hybridized carbons (Fsp3) is 0.289. The molecule has 0 spiro atoms. The predicted octanol–water partition coefficient (Wildman–Crippen LogP) is 8.18. The molecule has 4 aromatic heterocycles. The van der Waals surface area contributed by atoms with Crippen LogP contribution in [0, 0.1) is 18.6 Å². The standard InChI is InChI=1S/C38H32F2N6O3S/c1-19-44-45-37(49-19)31-27(13-7-20-5-8-21(39)9-6-20)42-34-28-4-3-17-46(28)38(47)33(34)32(31)30-18-24-29(50-30)15-16-41-36(24)43-26-14-11-23-22(26)10-12-25(40)35(23)48-2/h5-6,8-10,12,15-16,18,26,28H,3-4,7,11,13-14,17H2,1-2H3,(H,41,43)/t26-,28-/m1/s1. The minimum absolute atomic E-state index is 0.0368. The number of benzene rings is 2. The van der Waals surface area contributed by atoms with E-state index in [0.717, 1.165) is 67.9 Å². The van der Waals surface area contributed by atoms with Crippen LogP contribution in [0.15, 0.2) is 59.1 Å². The molecule has 6 heterocycles. The first kappa shape index (κ1) is 30.8. The molecule has 1 aliphatic carbocycles. The zero-order valence-electron chi connectivity index (χ0n) is 27.4. The second-order valence-electron chi connectivity index (χ2n) is 13.0. The third-order valence-corrected chi connectivity index (χ3v) is 11.3. The lowest BCUT2D eigenvalue weighted by atomic mass is 9.93. The third-order valence-electron chi connectivity index (χ3n) is 10.2. The minimum atomic E-state index is -0.362. The average molecular weight is 691 g/mol. The molecule has 0 radical (unpaired) electrons. The van der Waals surface area contributed by atoms with Gasteiger partial charge in [0.1, 0.15) is 11.6 Å².